The lowest BCUT2D eigenvalue weighted by molar-refractivity contribution is 0.545. The molecule has 1 aromatic carbocycles. The van der Waals surface area contributed by atoms with E-state index in [9.17, 15) is 12.8 Å². The first kappa shape index (κ1) is 17.2. The van der Waals surface area contributed by atoms with Gasteiger partial charge in [0.15, 0.2) is 0 Å². The first-order chi connectivity index (χ1) is 9.83. The normalized spacial score (nSPS) is 17.0. The summed E-state index contributed by atoms with van der Waals surface area (Å²) in [5.41, 5.74) is 0.318. The molecule has 0 bridgehead atoms. The van der Waals surface area contributed by atoms with Crippen molar-refractivity contribution in [2.75, 3.05) is 19.8 Å². The fourth-order valence-electron chi connectivity index (χ4n) is 2.03. The number of nitrogens with one attached hydrogen (secondary N) is 2. The molecule has 2 N–H and O–H groups in total. The topological polar surface area (TPSA) is 58.2 Å². The lowest BCUT2D eigenvalue weighted by Gasteiger charge is -2.15. The summed E-state index contributed by atoms with van der Waals surface area (Å²) in [6.07, 6.45) is 3.94. The molecule has 0 radical (unpaired) electrons. The van der Waals surface area contributed by atoms with Crippen molar-refractivity contribution in [1.82, 2.24) is 10.0 Å². The van der Waals surface area contributed by atoms with E-state index in [2.05, 4.69) is 26.0 Å². The summed E-state index contributed by atoms with van der Waals surface area (Å²) < 4.78 is 42.1. The van der Waals surface area contributed by atoms with Gasteiger partial charge in [-0.15, -0.1) is 0 Å². The van der Waals surface area contributed by atoms with Gasteiger partial charge in [-0.25, -0.2) is 17.5 Å². The van der Waals surface area contributed by atoms with Gasteiger partial charge in [-0.2, -0.15) is 11.8 Å². The van der Waals surface area contributed by atoms with Crippen LogP contribution in [-0.4, -0.2) is 33.0 Å². The second kappa shape index (κ2) is 6.54. The van der Waals surface area contributed by atoms with Crippen LogP contribution in [0.1, 0.15) is 18.4 Å². The molecular weight excluding hydrogens is 379 g/mol. The van der Waals surface area contributed by atoms with E-state index in [1.54, 1.807) is 24.9 Å². The largest absolute Gasteiger partial charge is 0.316 e. The van der Waals surface area contributed by atoms with Crippen molar-refractivity contribution in [3.05, 3.63) is 28.0 Å². The first-order valence-electron chi connectivity index (χ1n) is 6.51. The Morgan fingerprint density at radius 2 is 2.10 bits per heavy atom. The van der Waals surface area contributed by atoms with E-state index >= 15 is 0 Å². The van der Waals surface area contributed by atoms with Gasteiger partial charge in [-0.3, -0.25) is 0 Å². The van der Waals surface area contributed by atoms with Gasteiger partial charge in [0.25, 0.3) is 0 Å². The van der Waals surface area contributed by atoms with Crippen LogP contribution in [0.25, 0.3) is 0 Å². The van der Waals surface area contributed by atoms with Gasteiger partial charge >= 0.3 is 0 Å². The van der Waals surface area contributed by atoms with Gasteiger partial charge in [-0.05, 0) is 38.3 Å². The van der Waals surface area contributed by atoms with Crippen molar-refractivity contribution in [3.63, 3.8) is 0 Å². The monoisotopic (exact) mass is 396 g/mol. The molecule has 21 heavy (non-hydrogen) atoms. The highest BCUT2D eigenvalue weighted by molar-refractivity contribution is 9.10. The third kappa shape index (κ3) is 3.98. The maximum absolute atomic E-state index is 14.4. The van der Waals surface area contributed by atoms with E-state index in [1.165, 1.54) is 6.07 Å². The van der Waals surface area contributed by atoms with Crippen LogP contribution >= 0.6 is 27.7 Å². The highest BCUT2D eigenvalue weighted by Crippen LogP contribution is 2.46. The van der Waals surface area contributed by atoms with Crippen molar-refractivity contribution >= 4 is 37.7 Å². The summed E-state index contributed by atoms with van der Waals surface area (Å²) in [4.78, 5) is -0.306. The molecular formula is C13H18BrFN2O2S2. The Balaban J connectivity index is 2.27. The van der Waals surface area contributed by atoms with Crippen LogP contribution in [0.3, 0.4) is 0 Å². The van der Waals surface area contributed by atoms with Crippen LogP contribution in [0, 0.1) is 5.82 Å². The highest BCUT2D eigenvalue weighted by atomic mass is 79.9. The van der Waals surface area contributed by atoms with E-state index in [-0.39, 0.29) is 16.2 Å². The molecule has 1 saturated carbocycles. The SMILES string of the molecule is CNCc1cc(Br)cc(S(=O)(=O)NCC2(SC)CC2)c1F. The Morgan fingerprint density at radius 3 is 2.62 bits per heavy atom. The van der Waals surface area contributed by atoms with Crippen LogP contribution in [-0.2, 0) is 16.6 Å². The molecule has 1 aliphatic carbocycles. The van der Waals surface area contributed by atoms with E-state index in [1.807, 2.05) is 6.26 Å². The number of hydrogen-bond acceptors (Lipinski definition) is 4. The number of benzene rings is 1. The van der Waals surface area contributed by atoms with Crippen molar-refractivity contribution in [2.24, 2.45) is 0 Å². The molecule has 8 heteroatoms. The molecule has 0 aromatic heterocycles. The molecule has 2 rings (SSSR count). The molecule has 1 aromatic rings. The maximum atomic E-state index is 14.4. The van der Waals surface area contributed by atoms with Gasteiger partial charge in [-0.1, -0.05) is 15.9 Å². The second-order valence-electron chi connectivity index (χ2n) is 5.12. The summed E-state index contributed by atoms with van der Waals surface area (Å²) in [6, 6.07) is 2.88. The van der Waals surface area contributed by atoms with E-state index in [0.717, 1.165) is 12.8 Å². The average Bonchev–Trinajstić information content (AvgIpc) is 3.21. The molecule has 0 atom stereocenters. The van der Waals surface area contributed by atoms with Crippen molar-refractivity contribution in [2.45, 2.75) is 29.0 Å². The van der Waals surface area contributed by atoms with Gasteiger partial charge in [0.05, 0.1) is 0 Å². The van der Waals surface area contributed by atoms with Crippen molar-refractivity contribution in [3.8, 4) is 0 Å². The lowest BCUT2D eigenvalue weighted by Crippen LogP contribution is -2.32. The minimum Gasteiger partial charge on any atom is -0.316 e. The van der Waals surface area contributed by atoms with E-state index < -0.39 is 15.8 Å². The smallest absolute Gasteiger partial charge is 0.243 e. The summed E-state index contributed by atoms with van der Waals surface area (Å²) in [5.74, 6) is -0.700. The maximum Gasteiger partial charge on any atom is 0.243 e. The summed E-state index contributed by atoms with van der Waals surface area (Å²) >= 11 is 4.89. The zero-order valence-corrected chi connectivity index (χ0v) is 15.1. The molecule has 0 amide bonds. The Morgan fingerprint density at radius 1 is 1.43 bits per heavy atom. The quantitative estimate of drug-likeness (QED) is 0.743. The molecule has 118 valence electrons. The predicted octanol–water partition coefficient (Wildman–Crippen LogP) is 2.48. The number of rotatable bonds is 7. The summed E-state index contributed by atoms with van der Waals surface area (Å²) in [6.45, 7) is 0.604. The fraction of sp³-hybridized carbons (Fsp3) is 0.538. The lowest BCUT2D eigenvalue weighted by atomic mass is 10.2. The molecule has 0 unspecified atom stereocenters. The number of halogens is 2. The Labute approximate surface area is 137 Å². The number of sulfonamides is 1. The molecule has 0 heterocycles. The Bertz CT molecular complexity index is 633. The molecule has 0 saturated heterocycles. The summed E-state index contributed by atoms with van der Waals surface area (Å²) in [5, 5.41) is 2.83. The Hall–Kier alpha value is -0.150. The second-order valence-corrected chi connectivity index (χ2v) is 9.04. The molecule has 4 nitrogen and oxygen atoms in total. The minimum absolute atomic E-state index is 0.0106. The third-order valence-corrected chi connectivity index (χ3v) is 6.84. The predicted molar refractivity (Wildman–Crippen MR) is 87.5 cm³/mol. The van der Waals surface area contributed by atoms with E-state index in [4.69, 9.17) is 0 Å². The minimum atomic E-state index is -3.85. The molecule has 0 spiro atoms. The van der Waals surface area contributed by atoms with Crippen LogP contribution in [0.4, 0.5) is 4.39 Å². The van der Waals surface area contributed by atoms with E-state index in [0.29, 0.717) is 16.6 Å². The molecule has 1 aliphatic rings. The zero-order valence-electron chi connectivity index (χ0n) is 11.9. The number of thioether (sulfide) groups is 1. The Kier molecular flexibility index (Phi) is 5.36. The average molecular weight is 397 g/mol. The highest BCUT2D eigenvalue weighted by Gasteiger charge is 2.42. The van der Waals surface area contributed by atoms with Gasteiger partial charge in [0.1, 0.15) is 10.7 Å². The molecule has 1 fully saturated rings. The zero-order chi connectivity index (χ0) is 15.7. The number of hydrogen-bond donors (Lipinski definition) is 2. The fourth-order valence-corrected chi connectivity index (χ4v) is 4.78. The van der Waals surface area contributed by atoms with Crippen LogP contribution < -0.4 is 10.0 Å². The van der Waals surface area contributed by atoms with Crippen molar-refractivity contribution < 1.29 is 12.8 Å². The van der Waals surface area contributed by atoms with Crippen LogP contribution in [0.5, 0.6) is 0 Å². The summed E-state index contributed by atoms with van der Waals surface area (Å²) in [7, 11) is -2.17. The van der Waals surface area contributed by atoms with Crippen LogP contribution in [0.15, 0.2) is 21.5 Å². The first-order valence-corrected chi connectivity index (χ1v) is 10.0. The standard InChI is InChI=1S/C13H18BrFN2O2S2/c1-16-7-9-5-10(14)6-11(12(9)15)21(18,19)17-8-13(20-2)3-4-13/h5-6,16-17H,3-4,7-8H2,1-2H3. The van der Waals surface area contributed by atoms with Gasteiger partial charge in [0, 0.05) is 27.9 Å². The van der Waals surface area contributed by atoms with Crippen molar-refractivity contribution in [1.29, 1.82) is 0 Å². The van der Waals surface area contributed by atoms with Gasteiger partial charge < -0.3 is 5.32 Å². The van der Waals surface area contributed by atoms with Gasteiger partial charge in [0.2, 0.25) is 10.0 Å². The van der Waals surface area contributed by atoms with Crippen LogP contribution in [0.2, 0.25) is 0 Å². The molecule has 0 aliphatic heterocycles. The third-order valence-electron chi connectivity index (χ3n) is 3.56.